The molecule has 12 unspecified atom stereocenters. The van der Waals surface area contributed by atoms with Gasteiger partial charge in [0.25, 0.3) is 111 Å². The van der Waals surface area contributed by atoms with Gasteiger partial charge in [-0.1, -0.05) is 44.5 Å². The van der Waals surface area contributed by atoms with Gasteiger partial charge in [-0.3, -0.25) is 0 Å². The predicted octanol–water partition coefficient (Wildman–Crippen LogP) is 6.68. The Kier molecular flexibility index (Phi) is 38.8. The summed E-state index contributed by atoms with van der Waals surface area (Å²) < 4.78 is 142. The molecule has 3 saturated carbocycles. The van der Waals surface area contributed by atoms with Crippen molar-refractivity contribution in [3.8, 4) is 11.5 Å². The number of hydrogen-bond acceptors (Lipinski definition) is 24. The quantitative estimate of drug-likeness (QED) is 0.0708. The molecule has 4 saturated heterocycles. The van der Waals surface area contributed by atoms with E-state index < -0.39 is 146 Å². The van der Waals surface area contributed by atoms with E-state index >= 15 is 0 Å². The smallest absolute Gasteiger partial charge is 0.343 e. The van der Waals surface area contributed by atoms with Crippen LogP contribution < -0.4 is 9.47 Å². The molecule has 0 N–H and O–H groups in total. The minimum atomic E-state index is -2.50. The molecule has 24 nitrogen and oxygen atoms in total. The first-order valence-electron chi connectivity index (χ1n) is 35.6. The number of fused-ring (bicyclic) bond motifs is 5. The van der Waals surface area contributed by atoms with E-state index in [-0.39, 0.29) is 5.41 Å². The molecular formula is C57H124O24Si16. The first kappa shape index (κ1) is 86.5. The first-order chi connectivity index (χ1) is 46.0. The van der Waals surface area contributed by atoms with Crippen molar-refractivity contribution in [1.29, 1.82) is 0 Å². The van der Waals surface area contributed by atoms with E-state index in [2.05, 4.69) is 38.1 Å². The van der Waals surface area contributed by atoms with Crippen molar-refractivity contribution in [3.63, 3.8) is 0 Å². The van der Waals surface area contributed by atoms with E-state index in [0.717, 1.165) is 11.5 Å². The molecule has 0 aromatic heterocycles. The van der Waals surface area contributed by atoms with Gasteiger partial charge >= 0.3 is 34.2 Å². The summed E-state index contributed by atoms with van der Waals surface area (Å²) >= 11 is 0. The molecule has 560 valence electrons. The normalized spacial score (nSPS) is 36.3. The Morgan fingerprint density at radius 3 is 0.825 bits per heavy atom. The maximum atomic E-state index is 6.27. The molecular weight excluding hydrogens is 1520 g/mol. The summed E-state index contributed by atoms with van der Waals surface area (Å²) in [4.78, 5) is 0. The summed E-state index contributed by atoms with van der Waals surface area (Å²) in [5.41, 5.74) is 2.17. The summed E-state index contributed by atoms with van der Waals surface area (Å²) in [6.45, 7) is 46.4. The van der Waals surface area contributed by atoms with E-state index in [1.807, 2.05) is 143 Å². The second-order valence-electron chi connectivity index (χ2n) is 26.9. The van der Waals surface area contributed by atoms with Gasteiger partial charge in [0.1, 0.15) is 24.7 Å². The molecule has 4 heterocycles. The lowest BCUT2D eigenvalue weighted by Gasteiger charge is -2.36. The molecule has 12 atom stereocenters. The Balaban J connectivity index is 0.000000249. The first-order valence-corrected chi connectivity index (χ1v) is 70.9. The van der Waals surface area contributed by atoms with Gasteiger partial charge < -0.3 is 104 Å². The van der Waals surface area contributed by atoms with Crippen LogP contribution in [0.1, 0.15) is 77.3 Å². The highest BCUT2D eigenvalue weighted by Gasteiger charge is 2.49. The van der Waals surface area contributed by atoms with E-state index in [1.165, 1.54) is 34.8 Å². The lowest BCUT2D eigenvalue weighted by molar-refractivity contribution is 0.0605. The summed E-state index contributed by atoms with van der Waals surface area (Å²) in [6.07, 6.45) is 11.4. The van der Waals surface area contributed by atoms with E-state index in [0.29, 0.717) is 91.0 Å². The molecule has 9 rings (SSSR count). The third kappa shape index (κ3) is 31.5. The van der Waals surface area contributed by atoms with Crippen molar-refractivity contribution in [3.05, 3.63) is 59.7 Å². The van der Waals surface area contributed by atoms with Crippen molar-refractivity contribution in [2.24, 2.45) is 23.7 Å². The van der Waals surface area contributed by atoms with Crippen LogP contribution >= 0.6 is 0 Å². The highest BCUT2D eigenvalue weighted by atomic mass is 28.5. The zero-order valence-corrected chi connectivity index (χ0v) is 80.2. The highest BCUT2D eigenvalue weighted by molar-refractivity contribution is 6.83. The summed E-state index contributed by atoms with van der Waals surface area (Å²) in [7, 11) is -29.8. The average molecular weight is 1640 g/mol. The number of hydrogen-bond donors (Lipinski definition) is 0. The third-order valence-electron chi connectivity index (χ3n) is 17.5. The zero-order chi connectivity index (χ0) is 70.8. The molecule has 2 bridgehead atoms. The van der Waals surface area contributed by atoms with Crippen LogP contribution in [0.4, 0.5) is 0 Å². The minimum Gasteiger partial charge on any atom is -0.491 e. The molecule has 3 aliphatic carbocycles. The number of benzene rings is 2. The second-order valence-corrected chi connectivity index (χ2v) is 67.0. The highest BCUT2D eigenvalue weighted by Crippen LogP contribution is 2.58. The van der Waals surface area contributed by atoms with Crippen molar-refractivity contribution in [2.45, 2.75) is 176 Å². The van der Waals surface area contributed by atoms with Crippen LogP contribution in [0.25, 0.3) is 0 Å². The molecule has 0 amide bonds. The molecule has 0 radical (unpaired) electrons. The van der Waals surface area contributed by atoms with Gasteiger partial charge in [0.15, 0.2) is 0 Å². The molecule has 40 heteroatoms. The lowest BCUT2D eigenvalue weighted by atomic mass is 9.78. The fourth-order valence-corrected chi connectivity index (χ4v) is 69.8. The Morgan fingerprint density at radius 1 is 0.340 bits per heavy atom. The van der Waals surface area contributed by atoms with Crippen molar-refractivity contribution in [1.82, 2.24) is 0 Å². The maximum absolute atomic E-state index is 6.27. The third-order valence-corrected chi connectivity index (χ3v) is 71.5. The minimum absolute atomic E-state index is 0.207. The van der Waals surface area contributed by atoms with Gasteiger partial charge in [0.05, 0.1) is 64.6 Å². The number of rotatable bonds is 26. The molecule has 97 heavy (non-hydrogen) atoms. The Bertz CT molecular complexity index is 2280. The summed E-state index contributed by atoms with van der Waals surface area (Å²) in [5.74, 6) is 6.40. The Hall–Kier alpha value is 0.630. The Labute approximate surface area is 607 Å². The fourth-order valence-electron chi connectivity index (χ4n) is 13.8. The van der Waals surface area contributed by atoms with Crippen LogP contribution in [-0.4, -0.2) is 237 Å². The van der Waals surface area contributed by atoms with Gasteiger partial charge in [-0.25, -0.2) is 0 Å². The van der Waals surface area contributed by atoms with Crippen molar-refractivity contribution in [2.75, 3.05) is 91.0 Å². The largest absolute Gasteiger partial charge is 0.491 e. The lowest BCUT2D eigenvalue weighted by Crippen LogP contribution is -2.56. The van der Waals surface area contributed by atoms with Gasteiger partial charge in [0.2, 0.25) is 0 Å². The summed E-state index contributed by atoms with van der Waals surface area (Å²) in [6, 6.07) is 16.5. The van der Waals surface area contributed by atoms with Gasteiger partial charge in [0, 0.05) is 18.6 Å². The van der Waals surface area contributed by atoms with Crippen LogP contribution in [0, 0.1) is 23.7 Å². The second kappa shape index (κ2) is 43.4. The van der Waals surface area contributed by atoms with Crippen molar-refractivity contribution < 1.29 is 104 Å². The van der Waals surface area contributed by atoms with Gasteiger partial charge in [-0.05, 0) is 210 Å². The van der Waals surface area contributed by atoms with Crippen LogP contribution in [-0.2, 0) is 99.7 Å². The van der Waals surface area contributed by atoms with E-state index in [9.17, 15) is 0 Å². The van der Waals surface area contributed by atoms with Crippen LogP contribution in [0.2, 0.25) is 105 Å². The van der Waals surface area contributed by atoms with Gasteiger partial charge in [-0.15, -0.1) is 0 Å². The predicted molar refractivity (Wildman–Crippen MR) is 414 cm³/mol. The Morgan fingerprint density at radius 2 is 0.577 bits per heavy atom. The molecule has 4 aliphatic heterocycles. The van der Waals surface area contributed by atoms with Crippen LogP contribution in [0.5, 0.6) is 11.5 Å². The molecule has 2 aromatic carbocycles. The molecule has 0 spiro atoms. The monoisotopic (exact) mass is 1640 g/mol. The molecule has 7 aliphatic rings. The standard InChI is InChI=1S/C29H56O12Si8.C10H16.2C9H26O6Si4/c1-29(2,25-11-15-27(16-12-25)32-21-19-30-23-48(9)38-44(5)34-42(3)35-45(6)39-48)26-13-17-28(18-14-26)33-22-20-31-24-49(10)40-46(7)36-43(4)37-47(8)41-49;1-2-9-7-4-5-8(6-7)10(9)3-1;2*1-6-10-7-8-11-9-19(5)14-17(3)12-16(2)13-18(4)15-19/h11-18,42-47H,19-24H2,1-10H3;7-10H,1-6H2;2*16-18H,6-9H2,1-5H3. The maximum Gasteiger partial charge on any atom is 0.343 e. The molecule has 7 fully saturated rings. The summed E-state index contributed by atoms with van der Waals surface area (Å²) in [5, 5.41) is 0. The fraction of sp³-hybridized carbons (Fsp3) is 0.789. The van der Waals surface area contributed by atoms with Crippen molar-refractivity contribution >= 4 is 146 Å². The van der Waals surface area contributed by atoms with Crippen LogP contribution in [0.3, 0.4) is 0 Å². The molecule has 2 aromatic rings. The van der Waals surface area contributed by atoms with Crippen LogP contribution in [0.15, 0.2) is 48.5 Å². The SMILES string of the molecule is C1CC2C3CCC(C3)C2C1.CCOCCOC[Si]1(C)O[SiH](C)O[SiH](C)O[SiH](C)O1.CCOCCOC[Si]1(C)O[SiH](C)O[SiH](C)O[SiH](C)O1.C[SiH]1O[SiH](C)O[Si](C)(COCCOc2ccc(C(C)(C)c3ccc(OCCOC[Si]4(C)O[SiH](C)O[SiH](C)O[SiH](C)O4)cc3)cc2)O[SiH](C)O1. The zero-order valence-electron chi connectivity index (χ0n) is 62.3. The number of ether oxygens (including phenoxy) is 8. The van der Waals surface area contributed by atoms with E-state index in [4.69, 9.17) is 104 Å². The topological polar surface area (TPSA) is 222 Å². The van der Waals surface area contributed by atoms with Gasteiger partial charge in [-0.2, -0.15) is 0 Å². The van der Waals surface area contributed by atoms with E-state index in [1.54, 1.807) is 38.5 Å². The average Bonchev–Trinajstić information content (AvgIpc) is 1.70.